The highest BCUT2D eigenvalue weighted by Crippen LogP contribution is 2.72. The molecule has 1 saturated carbocycles. The molecule has 2 bridgehead atoms. The maximum Gasteiger partial charge on any atom is 0.247 e. The molecule has 4 fully saturated rings. The lowest BCUT2D eigenvalue weighted by Gasteiger charge is -2.42. The fourth-order valence-electron chi connectivity index (χ4n) is 7.46. The Balaban J connectivity index is 1.79. The fraction of sp³-hybridized carbons (Fsp3) is 0.750. The lowest BCUT2D eigenvalue weighted by atomic mass is 9.66. The van der Waals surface area contributed by atoms with Crippen LogP contribution in [0.25, 0.3) is 0 Å². The Morgan fingerprint density at radius 1 is 1.17 bits per heavy atom. The Labute approximate surface area is 220 Å². The van der Waals surface area contributed by atoms with Gasteiger partial charge in [-0.3, -0.25) is 14.4 Å². The molecule has 8 heteroatoms. The molecule has 36 heavy (non-hydrogen) atoms. The number of rotatable bonds is 10. The van der Waals surface area contributed by atoms with Crippen LogP contribution in [0.2, 0.25) is 0 Å². The third-order valence-corrected chi connectivity index (χ3v) is 11.2. The number of nitrogens with zero attached hydrogens (tertiary/aromatic N) is 3. The van der Waals surface area contributed by atoms with E-state index in [4.69, 9.17) is 0 Å². The molecule has 3 aliphatic heterocycles. The van der Waals surface area contributed by atoms with E-state index < -0.39 is 33.4 Å². The third-order valence-electron chi connectivity index (χ3n) is 9.19. The minimum Gasteiger partial charge on any atom is -0.394 e. The predicted octanol–water partition coefficient (Wildman–Crippen LogP) is 3.23. The minimum absolute atomic E-state index is 0.0335. The molecule has 6 atom stereocenters. The van der Waals surface area contributed by atoms with E-state index in [1.807, 2.05) is 11.8 Å². The molecule has 4 aliphatic rings. The van der Waals surface area contributed by atoms with Crippen molar-refractivity contribution in [2.45, 2.75) is 92.8 Å². The number of amides is 3. The number of likely N-dealkylation sites (N-methyl/N-ethyl adjacent to an activating group) is 1. The van der Waals surface area contributed by atoms with Gasteiger partial charge in [0.05, 0.1) is 29.2 Å². The standard InChI is InChI=1S/C28H43N3O4S/c1-6-16-29(5)24(33)21-22-25(34)31(19(8-3)18-32)23(28(22)15-14-27(21,4)36-28)26(35)30(17-7-2)20-12-10-9-11-13-20/h6-7,19-23,32H,1-2,8-18H2,3-5H3/t19-,21-,22-,23?,27+,28?/m0/s1. The van der Waals surface area contributed by atoms with Crippen molar-refractivity contribution in [2.75, 3.05) is 26.7 Å². The number of carbonyl (C=O) groups is 3. The second-order valence-corrected chi connectivity index (χ2v) is 13.2. The summed E-state index contributed by atoms with van der Waals surface area (Å²) < 4.78 is -1.05. The van der Waals surface area contributed by atoms with Crippen molar-refractivity contribution < 1.29 is 19.5 Å². The molecular weight excluding hydrogens is 474 g/mol. The molecule has 200 valence electrons. The second kappa shape index (κ2) is 10.5. The number of hydrogen-bond acceptors (Lipinski definition) is 5. The van der Waals surface area contributed by atoms with Crippen LogP contribution < -0.4 is 0 Å². The molecule has 0 aromatic rings. The van der Waals surface area contributed by atoms with Crippen LogP contribution in [0.5, 0.6) is 0 Å². The van der Waals surface area contributed by atoms with Gasteiger partial charge >= 0.3 is 0 Å². The lowest BCUT2D eigenvalue weighted by molar-refractivity contribution is -0.148. The Kier molecular flexibility index (Phi) is 7.96. The number of fused-ring (bicyclic) bond motifs is 1. The topological polar surface area (TPSA) is 81.2 Å². The first-order valence-corrected chi connectivity index (χ1v) is 14.4. The molecule has 3 amide bonds. The highest BCUT2D eigenvalue weighted by Gasteiger charge is 2.78. The first-order chi connectivity index (χ1) is 17.2. The minimum atomic E-state index is -0.677. The van der Waals surface area contributed by atoms with Crippen LogP contribution in [0.15, 0.2) is 25.3 Å². The maximum atomic E-state index is 14.6. The Bertz CT molecular complexity index is 901. The van der Waals surface area contributed by atoms with Crippen LogP contribution in [0.3, 0.4) is 0 Å². The van der Waals surface area contributed by atoms with Gasteiger partial charge in [0.2, 0.25) is 17.7 Å². The zero-order valence-electron chi connectivity index (χ0n) is 22.2. The summed E-state index contributed by atoms with van der Waals surface area (Å²) in [6.45, 7) is 12.4. The number of likely N-dealkylation sites (tertiary alicyclic amines) is 1. The van der Waals surface area contributed by atoms with E-state index in [2.05, 4.69) is 20.1 Å². The zero-order valence-corrected chi connectivity index (χ0v) is 23.0. The van der Waals surface area contributed by atoms with Gasteiger partial charge in [0.1, 0.15) is 6.04 Å². The van der Waals surface area contributed by atoms with Crippen molar-refractivity contribution in [3.8, 4) is 0 Å². The van der Waals surface area contributed by atoms with Crippen LogP contribution in [-0.4, -0.2) is 91.9 Å². The molecule has 0 radical (unpaired) electrons. The summed E-state index contributed by atoms with van der Waals surface area (Å²) in [6.07, 6.45) is 10.9. The lowest BCUT2D eigenvalue weighted by Crippen LogP contribution is -2.59. The van der Waals surface area contributed by atoms with Crippen LogP contribution in [-0.2, 0) is 14.4 Å². The van der Waals surface area contributed by atoms with Crippen molar-refractivity contribution in [1.82, 2.24) is 14.7 Å². The van der Waals surface area contributed by atoms with Crippen molar-refractivity contribution in [3.63, 3.8) is 0 Å². The summed E-state index contributed by atoms with van der Waals surface area (Å²) in [4.78, 5) is 47.8. The quantitative estimate of drug-likeness (QED) is 0.450. The van der Waals surface area contributed by atoms with Gasteiger partial charge < -0.3 is 19.8 Å². The first kappa shape index (κ1) is 27.2. The Morgan fingerprint density at radius 3 is 2.42 bits per heavy atom. The van der Waals surface area contributed by atoms with E-state index in [9.17, 15) is 19.5 Å². The maximum absolute atomic E-state index is 14.6. The van der Waals surface area contributed by atoms with E-state index >= 15 is 0 Å². The fourth-order valence-corrected chi connectivity index (χ4v) is 9.79. The predicted molar refractivity (Wildman–Crippen MR) is 143 cm³/mol. The summed E-state index contributed by atoms with van der Waals surface area (Å²) in [5, 5.41) is 10.3. The average molecular weight is 518 g/mol. The Hall–Kier alpha value is -1.80. The Morgan fingerprint density at radius 2 is 1.83 bits per heavy atom. The van der Waals surface area contributed by atoms with Crippen molar-refractivity contribution in [3.05, 3.63) is 25.3 Å². The average Bonchev–Trinajstić information content (AvgIpc) is 3.44. The zero-order chi connectivity index (χ0) is 26.3. The van der Waals surface area contributed by atoms with Gasteiger partial charge in [-0.05, 0) is 39.0 Å². The van der Waals surface area contributed by atoms with E-state index in [0.29, 0.717) is 19.5 Å². The highest BCUT2D eigenvalue weighted by atomic mass is 32.2. The SMILES string of the molecule is C=CCN(C)C(=O)[C@@H]1[C@H]2C(=O)N([C@@H](CC)CO)C(C(=O)N(CC=C)C3CCCCC3)C23CC[C@@]1(C)S3. The largest absolute Gasteiger partial charge is 0.394 e. The van der Waals surface area contributed by atoms with E-state index in [0.717, 1.165) is 38.5 Å². The van der Waals surface area contributed by atoms with Gasteiger partial charge in [0, 0.05) is 30.9 Å². The molecule has 7 nitrogen and oxygen atoms in total. The summed E-state index contributed by atoms with van der Waals surface area (Å²) in [5.74, 6) is -1.28. The molecule has 1 aliphatic carbocycles. The molecular formula is C28H43N3O4S. The smallest absolute Gasteiger partial charge is 0.247 e. The molecule has 3 heterocycles. The third kappa shape index (κ3) is 4.12. The van der Waals surface area contributed by atoms with Crippen LogP contribution in [0.1, 0.15) is 65.2 Å². The van der Waals surface area contributed by atoms with Gasteiger partial charge in [-0.2, -0.15) is 0 Å². The molecule has 2 unspecified atom stereocenters. The van der Waals surface area contributed by atoms with Crippen LogP contribution in [0.4, 0.5) is 0 Å². The number of carbonyl (C=O) groups excluding carboxylic acids is 3. The monoisotopic (exact) mass is 517 g/mol. The number of aliphatic hydroxyl groups is 1. The van der Waals surface area contributed by atoms with Gasteiger partial charge in [-0.15, -0.1) is 24.9 Å². The summed E-state index contributed by atoms with van der Waals surface area (Å²) in [6, 6.07) is -0.984. The normalized spacial score (nSPS) is 34.4. The van der Waals surface area contributed by atoms with Crippen molar-refractivity contribution >= 4 is 29.5 Å². The summed E-state index contributed by atoms with van der Waals surface area (Å²) in [5.41, 5.74) is 0. The van der Waals surface area contributed by atoms with E-state index in [1.165, 1.54) is 6.42 Å². The van der Waals surface area contributed by atoms with Gasteiger partial charge in [-0.1, -0.05) is 38.3 Å². The number of hydrogen-bond donors (Lipinski definition) is 1. The molecule has 3 saturated heterocycles. The van der Waals surface area contributed by atoms with Crippen LogP contribution >= 0.6 is 11.8 Å². The van der Waals surface area contributed by atoms with Crippen LogP contribution in [0, 0.1) is 11.8 Å². The van der Waals surface area contributed by atoms with Gasteiger partial charge in [0.25, 0.3) is 0 Å². The molecule has 1 spiro atoms. The van der Waals surface area contributed by atoms with E-state index in [1.54, 1.807) is 40.8 Å². The van der Waals surface area contributed by atoms with Crippen molar-refractivity contribution in [2.24, 2.45) is 11.8 Å². The molecule has 0 aromatic heterocycles. The summed E-state index contributed by atoms with van der Waals surface area (Å²) in [7, 11) is 1.76. The first-order valence-electron chi connectivity index (χ1n) is 13.6. The molecule has 0 aromatic carbocycles. The highest BCUT2D eigenvalue weighted by molar-refractivity contribution is 8.02. The second-order valence-electron chi connectivity index (χ2n) is 11.3. The number of thioether (sulfide) groups is 1. The summed E-state index contributed by atoms with van der Waals surface area (Å²) >= 11 is 1.70. The number of aliphatic hydroxyl groups excluding tert-OH is 1. The van der Waals surface area contributed by atoms with Gasteiger partial charge in [-0.25, -0.2) is 0 Å². The molecule has 1 N–H and O–H groups in total. The van der Waals surface area contributed by atoms with Crippen molar-refractivity contribution in [1.29, 1.82) is 0 Å². The van der Waals surface area contributed by atoms with Gasteiger partial charge in [0.15, 0.2) is 0 Å². The van der Waals surface area contributed by atoms with E-state index in [-0.39, 0.29) is 30.4 Å². The molecule has 4 rings (SSSR count).